The van der Waals surface area contributed by atoms with Gasteiger partial charge in [0.2, 0.25) is 0 Å². The van der Waals surface area contributed by atoms with Crippen LogP contribution in [0.15, 0.2) is 12.2 Å². The van der Waals surface area contributed by atoms with Gasteiger partial charge < -0.3 is 9.84 Å². The number of hydrogen-bond donors (Lipinski definition) is 1. The van der Waals surface area contributed by atoms with Gasteiger partial charge in [-0.05, 0) is 19.8 Å². The number of rotatable bonds is 5. The highest BCUT2D eigenvalue weighted by Gasteiger charge is 2.28. The highest BCUT2D eigenvalue weighted by atomic mass is 16.5. The van der Waals surface area contributed by atoms with Gasteiger partial charge in [-0.2, -0.15) is 0 Å². The minimum atomic E-state index is -0.447. The molecule has 100 valence electrons. The first-order chi connectivity index (χ1) is 8.59. The van der Waals surface area contributed by atoms with Gasteiger partial charge in [0.25, 0.3) is 11.8 Å². The molecule has 2 heterocycles. The molecule has 1 N–H and O–H groups in total. The summed E-state index contributed by atoms with van der Waals surface area (Å²) in [5.74, 6) is -0.588. The molecular formula is C12H18N2O4. The summed E-state index contributed by atoms with van der Waals surface area (Å²) in [5, 5.41) is 9.67. The molecule has 0 bridgehead atoms. The van der Waals surface area contributed by atoms with Crippen LogP contribution in [0.5, 0.6) is 0 Å². The zero-order chi connectivity index (χ0) is 13.1. The molecule has 1 saturated heterocycles. The average molecular weight is 254 g/mol. The van der Waals surface area contributed by atoms with Crippen molar-refractivity contribution in [3.05, 3.63) is 12.2 Å². The van der Waals surface area contributed by atoms with E-state index in [9.17, 15) is 14.7 Å². The van der Waals surface area contributed by atoms with Gasteiger partial charge in [-0.25, -0.2) is 0 Å². The molecule has 0 aliphatic carbocycles. The van der Waals surface area contributed by atoms with E-state index in [1.807, 2.05) is 11.8 Å². The Bertz CT molecular complexity index is 351. The molecule has 0 aromatic carbocycles. The largest absolute Gasteiger partial charge is 0.378 e. The van der Waals surface area contributed by atoms with Crippen LogP contribution in [-0.2, 0) is 14.3 Å². The highest BCUT2D eigenvalue weighted by molar-refractivity contribution is 6.12. The zero-order valence-corrected chi connectivity index (χ0v) is 10.4. The smallest absolute Gasteiger partial charge is 0.253 e. The molecule has 0 aromatic rings. The first-order valence-corrected chi connectivity index (χ1v) is 6.18. The van der Waals surface area contributed by atoms with E-state index in [4.69, 9.17) is 4.74 Å². The fourth-order valence-electron chi connectivity index (χ4n) is 2.26. The van der Waals surface area contributed by atoms with Crippen molar-refractivity contribution >= 4 is 11.8 Å². The Morgan fingerprint density at radius 2 is 2.11 bits per heavy atom. The molecule has 1 fully saturated rings. The number of aliphatic hydroxyl groups excluding tert-OH is 1. The number of aliphatic hydroxyl groups is 1. The summed E-state index contributed by atoms with van der Waals surface area (Å²) in [5.41, 5.74) is 0. The summed E-state index contributed by atoms with van der Waals surface area (Å²) < 4.78 is 5.55. The van der Waals surface area contributed by atoms with Crippen molar-refractivity contribution in [1.82, 2.24) is 9.80 Å². The van der Waals surface area contributed by atoms with Gasteiger partial charge in [-0.15, -0.1) is 0 Å². The number of imide groups is 1. The lowest BCUT2D eigenvalue weighted by Gasteiger charge is -2.27. The Morgan fingerprint density at radius 1 is 1.44 bits per heavy atom. The first kappa shape index (κ1) is 13.2. The second-order valence-corrected chi connectivity index (χ2v) is 4.49. The molecule has 2 amide bonds. The van der Waals surface area contributed by atoms with E-state index < -0.39 is 6.23 Å². The monoisotopic (exact) mass is 254 g/mol. The van der Waals surface area contributed by atoms with E-state index in [1.54, 1.807) is 0 Å². The number of likely N-dealkylation sites (tertiary alicyclic amines) is 1. The van der Waals surface area contributed by atoms with Crippen molar-refractivity contribution < 1.29 is 19.4 Å². The molecular weight excluding hydrogens is 236 g/mol. The van der Waals surface area contributed by atoms with Gasteiger partial charge in [0, 0.05) is 18.7 Å². The van der Waals surface area contributed by atoms with Gasteiger partial charge in [-0.3, -0.25) is 19.4 Å². The summed E-state index contributed by atoms with van der Waals surface area (Å²) in [6.07, 6.45) is 3.59. The van der Waals surface area contributed by atoms with Crippen LogP contribution in [-0.4, -0.2) is 58.9 Å². The van der Waals surface area contributed by atoms with Gasteiger partial charge in [0.15, 0.2) is 0 Å². The van der Waals surface area contributed by atoms with Gasteiger partial charge in [-0.1, -0.05) is 0 Å². The van der Waals surface area contributed by atoms with Gasteiger partial charge in [0.1, 0.15) is 12.5 Å². The van der Waals surface area contributed by atoms with Crippen molar-refractivity contribution in [3.8, 4) is 0 Å². The molecule has 2 atom stereocenters. The van der Waals surface area contributed by atoms with Gasteiger partial charge in [0.05, 0.1) is 13.2 Å². The lowest BCUT2D eigenvalue weighted by molar-refractivity contribution is -0.140. The fourth-order valence-corrected chi connectivity index (χ4v) is 2.26. The molecule has 2 rings (SSSR count). The first-order valence-electron chi connectivity index (χ1n) is 6.18. The molecule has 6 heteroatoms. The number of carbonyl (C=O) groups excluding carboxylic acids is 2. The third kappa shape index (κ3) is 2.77. The van der Waals surface area contributed by atoms with Crippen LogP contribution in [0.2, 0.25) is 0 Å². The number of hydrogen-bond acceptors (Lipinski definition) is 5. The Morgan fingerprint density at radius 3 is 2.67 bits per heavy atom. The molecule has 0 saturated carbocycles. The van der Waals surface area contributed by atoms with E-state index in [-0.39, 0.29) is 31.2 Å². The molecule has 0 spiro atoms. The maximum atomic E-state index is 11.3. The second-order valence-electron chi connectivity index (χ2n) is 4.49. The third-order valence-corrected chi connectivity index (χ3v) is 3.30. The molecule has 2 unspecified atom stereocenters. The van der Waals surface area contributed by atoms with Crippen LogP contribution in [0.3, 0.4) is 0 Å². The molecule has 2 aliphatic rings. The standard InChI is InChI=1S/C12H18N2O4/c1-9(13-6-2-3-10(13)15)18-8-7-14-11(16)4-5-12(14)17/h4-5,9-10,15H,2-3,6-8H2,1H3. The minimum Gasteiger partial charge on any atom is -0.378 e. The van der Waals surface area contributed by atoms with Crippen LogP contribution in [0.4, 0.5) is 0 Å². The van der Waals surface area contributed by atoms with Crippen molar-refractivity contribution in [2.75, 3.05) is 19.7 Å². The summed E-state index contributed by atoms with van der Waals surface area (Å²) in [6.45, 7) is 3.20. The van der Waals surface area contributed by atoms with Crippen molar-refractivity contribution in [3.63, 3.8) is 0 Å². The Kier molecular flexibility index (Phi) is 4.11. The maximum Gasteiger partial charge on any atom is 0.253 e. The van der Waals surface area contributed by atoms with Crippen LogP contribution < -0.4 is 0 Å². The van der Waals surface area contributed by atoms with E-state index in [2.05, 4.69) is 0 Å². The van der Waals surface area contributed by atoms with Crippen LogP contribution in [0, 0.1) is 0 Å². The summed E-state index contributed by atoms with van der Waals surface area (Å²) in [6, 6.07) is 0. The molecule has 2 aliphatic heterocycles. The van der Waals surface area contributed by atoms with Crippen molar-refractivity contribution in [1.29, 1.82) is 0 Å². The topological polar surface area (TPSA) is 70.1 Å². The number of amides is 2. The lowest BCUT2D eigenvalue weighted by Crippen LogP contribution is -2.41. The van der Waals surface area contributed by atoms with Crippen LogP contribution in [0.25, 0.3) is 0 Å². The lowest BCUT2D eigenvalue weighted by atomic mass is 10.4. The Balaban J connectivity index is 1.72. The predicted octanol–water partition coefficient (Wildman–Crippen LogP) is -0.312. The SMILES string of the molecule is CC(OCCN1C(=O)C=CC1=O)N1CCCC1O. The number of carbonyl (C=O) groups is 2. The molecule has 18 heavy (non-hydrogen) atoms. The van der Waals surface area contributed by atoms with E-state index in [1.165, 1.54) is 12.2 Å². The quantitative estimate of drug-likeness (QED) is 0.681. The summed E-state index contributed by atoms with van der Waals surface area (Å²) in [7, 11) is 0. The van der Waals surface area contributed by atoms with Crippen LogP contribution in [0.1, 0.15) is 19.8 Å². The van der Waals surface area contributed by atoms with Gasteiger partial charge >= 0.3 is 0 Å². The van der Waals surface area contributed by atoms with E-state index in [0.717, 1.165) is 24.3 Å². The Hall–Kier alpha value is -1.24. The van der Waals surface area contributed by atoms with Crippen molar-refractivity contribution in [2.24, 2.45) is 0 Å². The third-order valence-electron chi connectivity index (χ3n) is 3.30. The van der Waals surface area contributed by atoms with Crippen LogP contribution >= 0.6 is 0 Å². The second kappa shape index (κ2) is 5.60. The summed E-state index contributed by atoms with van der Waals surface area (Å²) in [4.78, 5) is 25.6. The maximum absolute atomic E-state index is 11.3. The fraction of sp³-hybridized carbons (Fsp3) is 0.667. The minimum absolute atomic E-state index is 0.205. The van der Waals surface area contributed by atoms with E-state index in [0.29, 0.717) is 0 Å². The van der Waals surface area contributed by atoms with Crippen molar-refractivity contribution in [2.45, 2.75) is 32.2 Å². The normalized spacial score (nSPS) is 26.3. The average Bonchev–Trinajstić information content (AvgIpc) is 2.89. The van der Waals surface area contributed by atoms with E-state index >= 15 is 0 Å². The number of ether oxygens (including phenoxy) is 1. The zero-order valence-electron chi connectivity index (χ0n) is 10.4. The molecule has 0 aromatic heterocycles. The molecule has 6 nitrogen and oxygen atoms in total. The Labute approximate surface area is 106 Å². The molecule has 0 radical (unpaired) electrons. The highest BCUT2D eigenvalue weighted by Crippen LogP contribution is 2.18. The summed E-state index contributed by atoms with van der Waals surface area (Å²) >= 11 is 0. The number of nitrogens with zero attached hydrogens (tertiary/aromatic N) is 2. The predicted molar refractivity (Wildman–Crippen MR) is 63.2 cm³/mol.